The molecule has 1 N–H and O–H groups in total. The van der Waals surface area contributed by atoms with Crippen molar-refractivity contribution in [2.45, 2.75) is 43.5 Å². The fourth-order valence-electron chi connectivity index (χ4n) is 3.47. The lowest BCUT2D eigenvalue weighted by Gasteiger charge is -2.24. The predicted octanol–water partition coefficient (Wildman–Crippen LogP) is 2.09. The summed E-state index contributed by atoms with van der Waals surface area (Å²) in [6.07, 6.45) is 2.76. The number of carbonyl (C=O) groups is 1. The lowest BCUT2D eigenvalue weighted by Crippen LogP contribution is -2.32. The Kier molecular flexibility index (Phi) is 4.94. The van der Waals surface area contributed by atoms with Gasteiger partial charge in [0.25, 0.3) is 0 Å². The molecule has 134 valence electrons. The highest BCUT2D eigenvalue weighted by Crippen LogP contribution is 2.31. The monoisotopic (exact) mass is 361 g/mol. The van der Waals surface area contributed by atoms with Crippen LogP contribution < -0.4 is 5.32 Å². The van der Waals surface area contributed by atoms with E-state index in [0.29, 0.717) is 0 Å². The van der Waals surface area contributed by atoms with E-state index >= 15 is 0 Å². The van der Waals surface area contributed by atoms with Gasteiger partial charge in [0.05, 0.1) is 22.4 Å². The predicted molar refractivity (Wildman–Crippen MR) is 94.9 cm³/mol. The number of nitrogens with one attached hydrogen (secondary N) is 1. The fraction of sp³-hybridized carbons (Fsp3) is 0.444. The summed E-state index contributed by atoms with van der Waals surface area (Å²) in [6, 6.07) is 8.16. The minimum atomic E-state index is -3.44. The Hall–Kier alpha value is -2.15. The van der Waals surface area contributed by atoms with Crippen LogP contribution in [0.1, 0.15) is 42.3 Å². The summed E-state index contributed by atoms with van der Waals surface area (Å²) in [7, 11) is -1.52. The average molecular weight is 361 g/mol. The van der Waals surface area contributed by atoms with Gasteiger partial charge in [0.15, 0.2) is 9.84 Å². The van der Waals surface area contributed by atoms with Gasteiger partial charge >= 0.3 is 0 Å². The molecule has 7 heteroatoms. The first-order chi connectivity index (χ1) is 11.9. The molecular formula is C18H23N3O3S. The number of carbonyl (C=O) groups excluding carboxylic acids is 1. The molecule has 1 aliphatic carbocycles. The molecule has 0 saturated carbocycles. The summed E-state index contributed by atoms with van der Waals surface area (Å²) in [5, 5.41) is 7.44. The highest BCUT2D eigenvalue weighted by atomic mass is 32.2. The zero-order valence-electron chi connectivity index (χ0n) is 14.5. The molecule has 6 nitrogen and oxygen atoms in total. The molecule has 1 heterocycles. The molecule has 1 unspecified atom stereocenters. The van der Waals surface area contributed by atoms with Crippen LogP contribution in [0.3, 0.4) is 0 Å². The summed E-state index contributed by atoms with van der Waals surface area (Å²) in [5.41, 5.74) is 3.18. The molecule has 1 aromatic heterocycles. The first kappa shape index (κ1) is 17.7. The van der Waals surface area contributed by atoms with Gasteiger partial charge in [-0.1, -0.05) is 18.2 Å². The maximum absolute atomic E-state index is 12.3. The molecule has 0 saturated heterocycles. The van der Waals surface area contributed by atoms with Crippen molar-refractivity contribution in [2.24, 2.45) is 7.05 Å². The van der Waals surface area contributed by atoms with Crippen molar-refractivity contribution in [3.8, 4) is 0 Å². The standard InChI is InChI=1S/C18H23N3O3S/c1-13-18-15(9-6-10-16(18)21(2)20-13)19-17(22)11-12-25(23,24)14-7-4-3-5-8-14/h3-5,7-8,15H,6,9-12H2,1-2H3,(H,19,22). The molecule has 2 aromatic rings. The molecule has 1 aromatic carbocycles. The molecular weight excluding hydrogens is 338 g/mol. The van der Waals surface area contributed by atoms with Crippen molar-refractivity contribution in [1.29, 1.82) is 0 Å². The second-order valence-corrected chi connectivity index (χ2v) is 8.57. The molecule has 25 heavy (non-hydrogen) atoms. The maximum Gasteiger partial charge on any atom is 0.221 e. The number of rotatable bonds is 5. The summed E-state index contributed by atoms with van der Waals surface area (Å²) < 4.78 is 26.5. The third-order valence-electron chi connectivity index (χ3n) is 4.68. The van der Waals surface area contributed by atoms with Gasteiger partial charge in [0.1, 0.15) is 0 Å². The highest BCUT2D eigenvalue weighted by molar-refractivity contribution is 7.91. The van der Waals surface area contributed by atoms with Crippen LogP contribution in [0.15, 0.2) is 35.2 Å². The number of aromatic nitrogens is 2. The lowest BCUT2D eigenvalue weighted by atomic mass is 9.91. The van der Waals surface area contributed by atoms with Gasteiger partial charge in [0.2, 0.25) is 5.91 Å². The number of aryl methyl sites for hydroxylation is 2. The van der Waals surface area contributed by atoms with Crippen molar-refractivity contribution in [3.63, 3.8) is 0 Å². The van der Waals surface area contributed by atoms with Crippen molar-refractivity contribution in [2.75, 3.05) is 5.75 Å². The maximum atomic E-state index is 12.3. The number of benzene rings is 1. The van der Waals surface area contributed by atoms with Gasteiger partial charge in [-0.05, 0) is 38.3 Å². The Morgan fingerprint density at radius 1 is 1.32 bits per heavy atom. The van der Waals surface area contributed by atoms with E-state index in [2.05, 4.69) is 10.4 Å². The van der Waals surface area contributed by atoms with Crippen LogP contribution in [-0.4, -0.2) is 29.9 Å². The number of fused-ring (bicyclic) bond motifs is 1. The second kappa shape index (κ2) is 7.00. The molecule has 1 atom stereocenters. The SMILES string of the molecule is Cc1nn(C)c2c1C(NC(=O)CCS(=O)(=O)c1ccccc1)CCC2. The molecule has 0 aliphatic heterocycles. The summed E-state index contributed by atoms with van der Waals surface area (Å²) in [6.45, 7) is 1.95. The van der Waals surface area contributed by atoms with Gasteiger partial charge < -0.3 is 5.32 Å². The Labute approximate surface area is 148 Å². The highest BCUT2D eigenvalue weighted by Gasteiger charge is 2.27. The van der Waals surface area contributed by atoms with Crippen molar-refractivity contribution in [3.05, 3.63) is 47.3 Å². The lowest BCUT2D eigenvalue weighted by molar-refractivity contribution is -0.121. The van der Waals surface area contributed by atoms with Gasteiger partial charge in [-0.15, -0.1) is 0 Å². The smallest absolute Gasteiger partial charge is 0.221 e. The molecule has 1 aliphatic rings. The van der Waals surface area contributed by atoms with Crippen LogP contribution >= 0.6 is 0 Å². The molecule has 3 rings (SSSR count). The number of sulfone groups is 1. The van der Waals surface area contributed by atoms with E-state index in [1.54, 1.807) is 30.3 Å². The van der Waals surface area contributed by atoms with Crippen molar-refractivity contribution < 1.29 is 13.2 Å². The number of amides is 1. The zero-order chi connectivity index (χ0) is 18.0. The van der Waals surface area contributed by atoms with Crippen molar-refractivity contribution >= 4 is 15.7 Å². The largest absolute Gasteiger partial charge is 0.349 e. The van der Waals surface area contributed by atoms with E-state index in [0.717, 1.165) is 36.2 Å². The summed E-state index contributed by atoms with van der Waals surface area (Å²) >= 11 is 0. The quantitative estimate of drug-likeness (QED) is 0.884. The molecule has 1 amide bonds. The first-order valence-corrected chi connectivity index (χ1v) is 10.1. The van der Waals surface area contributed by atoms with Gasteiger partial charge in [-0.25, -0.2) is 8.42 Å². The fourth-order valence-corrected chi connectivity index (χ4v) is 4.74. The minimum absolute atomic E-state index is 0.0393. The average Bonchev–Trinajstić information content (AvgIpc) is 2.89. The Bertz CT molecular complexity index is 872. The minimum Gasteiger partial charge on any atom is -0.349 e. The molecule has 0 bridgehead atoms. The van der Waals surface area contributed by atoms with Gasteiger partial charge in [0, 0.05) is 24.7 Å². The van der Waals surface area contributed by atoms with Gasteiger partial charge in [-0.3, -0.25) is 9.48 Å². The van der Waals surface area contributed by atoms with Crippen LogP contribution in [0.25, 0.3) is 0 Å². The topological polar surface area (TPSA) is 81.1 Å². The Morgan fingerprint density at radius 2 is 2.04 bits per heavy atom. The van der Waals surface area contributed by atoms with Gasteiger partial charge in [-0.2, -0.15) is 5.10 Å². The second-order valence-electron chi connectivity index (χ2n) is 6.46. The van der Waals surface area contributed by atoms with Crippen LogP contribution in [0.5, 0.6) is 0 Å². The van der Waals surface area contributed by atoms with E-state index in [4.69, 9.17) is 0 Å². The van der Waals surface area contributed by atoms with Crippen LogP contribution in [0.2, 0.25) is 0 Å². The number of hydrogen-bond donors (Lipinski definition) is 1. The summed E-state index contributed by atoms with van der Waals surface area (Å²) in [4.78, 5) is 12.6. The van der Waals surface area contributed by atoms with E-state index in [9.17, 15) is 13.2 Å². The first-order valence-electron chi connectivity index (χ1n) is 8.48. The number of nitrogens with zero attached hydrogens (tertiary/aromatic N) is 2. The third-order valence-corrected chi connectivity index (χ3v) is 6.41. The van der Waals surface area contributed by atoms with Crippen LogP contribution in [0.4, 0.5) is 0 Å². The summed E-state index contributed by atoms with van der Waals surface area (Å²) in [5.74, 6) is -0.422. The zero-order valence-corrected chi connectivity index (χ0v) is 15.3. The van der Waals surface area contributed by atoms with Crippen molar-refractivity contribution in [1.82, 2.24) is 15.1 Å². The molecule has 0 spiro atoms. The van der Waals surface area contributed by atoms with E-state index in [-0.39, 0.29) is 29.0 Å². The van der Waals surface area contributed by atoms with E-state index < -0.39 is 9.84 Å². The van der Waals surface area contributed by atoms with E-state index in [1.807, 2.05) is 18.7 Å². The number of hydrogen-bond acceptors (Lipinski definition) is 4. The molecule has 0 fully saturated rings. The van der Waals surface area contributed by atoms with Crippen LogP contribution in [-0.2, 0) is 28.1 Å². The molecule has 0 radical (unpaired) electrons. The Balaban J connectivity index is 1.65. The van der Waals surface area contributed by atoms with E-state index in [1.165, 1.54) is 0 Å². The Morgan fingerprint density at radius 3 is 2.76 bits per heavy atom. The van der Waals surface area contributed by atoms with Crippen LogP contribution in [0, 0.1) is 6.92 Å². The third kappa shape index (κ3) is 3.76. The normalized spacial score (nSPS) is 17.1.